The second-order valence-corrected chi connectivity index (χ2v) is 5.36. The molecule has 1 aromatic heterocycles. The van der Waals surface area contributed by atoms with Gasteiger partial charge in [0.15, 0.2) is 0 Å². The quantitative estimate of drug-likeness (QED) is 0.743. The van der Waals surface area contributed by atoms with Gasteiger partial charge in [0.1, 0.15) is 5.82 Å². The summed E-state index contributed by atoms with van der Waals surface area (Å²) >= 11 is 0. The Labute approximate surface area is 105 Å². The maximum atomic E-state index is 13.5. The van der Waals surface area contributed by atoms with Crippen molar-refractivity contribution in [1.82, 2.24) is 4.57 Å². The van der Waals surface area contributed by atoms with Crippen LogP contribution < -0.4 is 0 Å². The van der Waals surface area contributed by atoms with Crippen molar-refractivity contribution in [3.05, 3.63) is 35.3 Å². The largest absolute Gasteiger partial charge is 0.371 e. The van der Waals surface area contributed by atoms with E-state index in [1.807, 2.05) is 6.07 Å². The minimum atomic E-state index is -0.129. The zero-order valence-electron chi connectivity index (χ0n) is 10.3. The van der Waals surface area contributed by atoms with Gasteiger partial charge in [0.05, 0.1) is 19.3 Å². The number of hydrogen-bond donors (Lipinski definition) is 0. The number of benzene rings is 1. The highest BCUT2D eigenvalue weighted by Crippen LogP contribution is 2.33. The third kappa shape index (κ3) is 1.57. The maximum absolute atomic E-state index is 13.5. The molecule has 0 N–H and O–H groups in total. The van der Waals surface area contributed by atoms with Crippen molar-refractivity contribution >= 4 is 10.9 Å². The summed E-state index contributed by atoms with van der Waals surface area (Å²) in [6.07, 6.45) is 5.06. The molecular weight excluding hydrogens is 229 g/mol. The number of epoxide rings is 1. The number of fused-ring (bicyclic) bond motifs is 3. The molecule has 2 nitrogen and oxygen atoms in total. The maximum Gasteiger partial charge on any atom is 0.123 e. The summed E-state index contributed by atoms with van der Waals surface area (Å²) < 4.78 is 21.2. The number of hydrogen-bond acceptors (Lipinski definition) is 1. The molecule has 0 spiro atoms. The van der Waals surface area contributed by atoms with Gasteiger partial charge in [-0.25, -0.2) is 4.39 Å². The molecule has 1 fully saturated rings. The van der Waals surface area contributed by atoms with Gasteiger partial charge in [-0.1, -0.05) is 0 Å². The van der Waals surface area contributed by atoms with Gasteiger partial charge in [0.25, 0.3) is 0 Å². The van der Waals surface area contributed by atoms with Gasteiger partial charge < -0.3 is 9.30 Å². The van der Waals surface area contributed by atoms with Gasteiger partial charge >= 0.3 is 0 Å². The molecule has 0 saturated carbocycles. The fourth-order valence-electron chi connectivity index (χ4n) is 3.19. The average Bonchev–Trinajstić information content (AvgIpc) is 3.15. The number of ether oxygens (including phenoxy) is 1. The minimum absolute atomic E-state index is 0.129. The predicted octanol–water partition coefficient (Wildman–Crippen LogP) is 3.06. The summed E-state index contributed by atoms with van der Waals surface area (Å²) in [4.78, 5) is 0. The van der Waals surface area contributed by atoms with Crippen molar-refractivity contribution in [3.8, 4) is 0 Å². The molecule has 1 unspecified atom stereocenters. The predicted molar refractivity (Wildman–Crippen MR) is 68.3 cm³/mol. The van der Waals surface area contributed by atoms with Crippen molar-refractivity contribution in [2.75, 3.05) is 6.61 Å². The van der Waals surface area contributed by atoms with Gasteiger partial charge in [-0.3, -0.25) is 0 Å². The third-order valence-electron chi connectivity index (χ3n) is 4.13. The number of rotatable bonds is 2. The van der Waals surface area contributed by atoms with Crippen LogP contribution in [0.5, 0.6) is 0 Å². The lowest BCUT2D eigenvalue weighted by Gasteiger charge is -2.15. The fraction of sp³-hybridized carbons (Fsp3) is 0.467. The van der Waals surface area contributed by atoms with E-state index < -0.39 is 0 Å². The lowest BCUT2D eigenvalue weighted by Crippen LogP contribution is -2.11. The molecule has 1 aromatic carbocycles. The molecule has 0 radical (unpaired) electrons. The molecular formula is C15H16FNO. The van der Waals surface area contributed by atoms with E-state index >= 15 is 0 Å². The van der Waals surface area contributed by atoms with Gasteiger partial charge in [-0.2, -0.15) is 0 Å². The molecule has 4 rings (SSSR count). The smallest absolute Gasteiger partial charge is 0.123 e. The van der Waals surface area contributed by atoms with Crippen LogP contribution >= 0.6 is 0 Å². The van der Waals surface area contributed by atoms with Gasteiger partial charge in [0.2, 0.25) is 0 Å². The van der Waals surface area contributed by atoms with Crippen LogP contribution in [0.1, 0.15) is 24.1 Å². The molecule has 94 valence electrons. The van der Waals surface area contributed by atoms with Crippen molar-refractivity contribution in [2.45, 2.75) is 38.3 Å². The SMILES string of the molecule is Fc1ccc2c(c1)c1c(n2CC2CO2)CCCC1. The van der Waals surface area contributed by atoms with E-state index in [-0.39, 0.29) is 5.82 Å². The number of aryl methyl sites for hydroxylation is 1. The highest BCUT2D eigenvalue weighted by atomic mass is 19.1. The molecule has 2 aromatic rings. The van der Waals surface area contributed by atoms with Crippen LogP contribution in [0.25, 0.3) is 10.9 Å². The van der Waals surface area contributed by atoms with Gasteiger partial charge in [-0.15, -0.1) is 0 Å². The van der Waals surface area contributed by atoms with E-state index in [0.29, 0.717) is 6.10 Å². The van der Waals surface area contributed by atoms with Crippen molar-refractivity contribution < 1.29 is 9.13 Å². The standard InChI is InChI=1S/C15H16FNO/c16-10-5-6-15-13(7-10)12-3-1-2-4-14(12)17(15)8-11-9-18-11/h5-7,11H,1-4,8-9H2. The Morgan fingerprint density at radius 3 is 2.94 bits per heavy atom. The van der Waals surface area contributed by atoms with Crippen LogP contribution in [0.4, 0.5) is 4.39 Å². The van der Waals surface area contributed by atoms with Crippen molar-refractivity contribution in [1.29, 1.82) is 0 Å². The highest BCUT2D eigenvalue weighted by molar-refractivity contribution is 5.86. The summed E-state index contributed by atoms with van der Waals surface area (Å²) in [5.41, 5.74) is 3.97. The van der Waals surface area contributed by atoms with Crippen LogP contribution in [0.2, 0.25) is 0 Å². The Morgan fingerprint density at radius 1 is 1.28 bits per heavy atom. The van der Waals surface area contributed by atoms with Gasteiger partial charge in [-0.05, 0) is 49.4 Å². The zero-order valence-corrected chi connectivity index (χ0v) is 10.3. The second-order valence-electron chi connectivity index (χ2n) is 5.36. The lowest BCUT2D eigenvalue weighted by atomic mass is 9.95. The van der Waals surface area contributed by atoms with Crippen LogP contribution in [-0.2, 0) is 24.1 Å². The van der Waals surface area contributed by atoms with E-state index in [9.17, 15) is 4.39 Å². The van der Waals surface area contributed by atoms with Gasteiger partial charge in [0, 0.05) is 16.6 Å². The summed E-state index contributed by atoms with van der Waals surface area (Å²) in [7, 11) is 0. The zero-order chi connectivity index (χ0) is 12.1. The number of halogens is 1. The minimum Gasteiger partial charge on any atom is -0.371 e. The van der Waals surface area contributed by atoms with E-state index in [2.05, 4.69) is 4.57 Å². The second kappa shape index (κ2) is 3.82. The molecule has 0 amide bonds. The number of aromatic nitrogens is 1. The first-order valence-corrected chi connectivity index (χ1v) is 6.74. The Hall–Kier alpha value is -1.35. The van der Waals surface area contributed by atoms with Crippen LogP contribution in [0.15, 0.2) is 18.2 Å². The van der Waals surface area contributed by atoms with E-state index in [0.717, 1.165) is 31.4 Å². The van der Waals surface area contributed by atoms with Crippen LogP contribution in [0.3, 0.4) is 0 Å². The average molecular weight is 245 g/mol. The Balaban J connectivity index is 1.95. The molecule has 1 saturated heterocycles. The lowest BCUT2D eigenvalue weighted by molar-refractivity contribution is 0.382. The molecule has 3 heteroatoms. The Morgan fingerprint density at radius 2 is 2.11 bits per heavy atom. The summed E-state index contributed by atoms with van der Waals surface area (Å²) in [5, 5.41) is 1.12. The molecule has 2 aliphatic rings. The van der Waals surface area contributed by atoms with E-state index in [4.69, 9.17) is 4.74 Å². The van der Waals surface area contributed by atoms with Crippen molar-refractivity contribution in [3.63, 3.8) is 0 Å². The van der Waals surface area contributed by atoms with Crippen LogP contribution in [0, 0.1) is 5.82 Å². The number of nitrogens with zero attached hydrogens (tertiary/aromatic N) is 1. The molecule has 2 heterocycles. The normalized spacial score (nSPS) is 22.2. The summed E-state index contributed by atoms with van der Waals surface area (Å²) in [6.45, 7) is 1.80. The van der Waals surface area contributed by atoms with E-state index in [1.54, 1.807) is 12.1 Å². The first kappa shape index (κ1) is 10.6. The summed E-state index contributed by atoms with van der Waals surface area (Å²) in [6, 6.07) is 5.19. The molecule has 1 atom stereocenters. The Kier molecular flexibility index (Phi) is 2.24. The summed E-state index contributed by atoms with van der Waals surface area (Å²) in [5.74, 6) is -0.129. The monoisotopic (exact) mass is 245 g/mol. The fourth-order valence-corrected chi connectivity index (χ4v) is 3.19. The molecule has 0 bridgehead atoms. The highest BCUT2D eigenvalue weighted by Gasteiger charge is 2.27. The topological polar surface area (TPSA) is 17.5 Å². The molecule has 1 aliphatic heterocycles. The first-order chi connectivity index (χ1) is 8.83. The molecule has 18 heavy (non-hydrogen) atoms. The van der Waals surface area contributed by atoms with E-state index in [1.165, 1.54) is 29.6 Å². The van der Waals surface area contributed by atoms with Crippen molar-refractivity contribution in [2.24, 2.45) is 0 Å². The van der Waals surface area contributed by atoms with Crippen LogP contribution in [-0.4, -0.2) is 17.3 Å². The molecule has 1 aliphatic carbocycles. The Bertz CT molecular complexity index is 612. The third-order valence-corrected chi connectivity index (χ3v) is 4.13. The first-order valence-electron chi connectivity index (χ1n) is 6.74.